The van der Waals surface area contributed by atoms with Crippen LogP contribution < -0.4 is 0 Å². The third kappa shape index (κ3) is 4.74. The van der Waals surface area contributed by atoms with Crippen LogP contribution in [-0.4, -0.2) is 19.2 Å². The second-order valence-corrected chi connectivity index (χ2v) is 2.95. The normalized spacial score (nSPS) is 8.20. The molecule has 0 amide bonds. The molecular weight excluding hydrogens is 196 g/mol. The zero-order valence-electron chi connectivity index (χ0n) is 8.87. The van der Waals surface area contributed by atoms with Gasteiger partial charge in [0.25, 0.3) is 0 Å². The van der Waals surface area contributed by atoms with Gasteiger partial charge in [0.15, 0.2) is 0 Å². The average Bonchev–Trinajstić information content (AvgIpc) is 2.16. The van der Waals surface area contributed by atoms with E-state index in [2.05, 4.69) is 4.74 Å². The molecule has 15 heavy (non-hydrogen) atoms. The molecule has 0 aliphatic heterocycles. The number of methoxy groups -OCH3 is 1. The molecule has 0 radical (unpaired) electrons. The number of aryl methyl sites for hydroxylation is 2. The standard InChI is InChI=1S/C10H12O2.CO2/c1-7-4-8(2)6-9(5-7)10(11)12-3;2-1-3/h4-6H,1-3H3;. The highest BCUT2D eigenvalue weighted by molar-refractivity contribution is 5.89. The Balaban J connectivity index is 0.000000583. The lowest BCUT2D eigenvalue weighted by Gasteiger charge is -2.01. The first-order chi connectivity index (χ1) is 7.04. The zero-order chi connectivity index (χ0) is 11.8. The second-order valence-electron chi connectivity index (χ2n) is 2.95. The van der Waals surface area contributed by atoms with Crippen LogP contribution in [0.25, 0.3) is 0 Å². The molecule has 0 saturated carbocycles. The molecular formula is C11H12O4. The van der Waals surface area contributed by atoms with E-state index in [0.717, 1.165) is 11.1 Å². The highest BCUT2D eigenvalue weighted by atomic mass is 16.5. The molecule has 80 valence electrons. The van der Waals surface area contributed by atoms with Crippen LogP contribution >= 0.6 is 0 Å². The summed E-state index contributed by atoms with van der Waals surface area (Å²) in [5.74, 6) is -0.276. The molecule has 1 aromatic carbocycles. The molecule has 4 heteroatoms. The molecule has 0 fully saturated rings. The monoisotopic (exact) mass is 208 g/mol. The molecule has 0 bridgehead atoms. The van der Waals surface area contributed by atoms with Gasteiger partial charge in [0.1, 0.15) is 0 Å². The van der Waals surface area contributed by atoms with Gasteiger partial charge in [0, 0.05) is 0 Å². The fraction of sp³-hybridized carbons (Fsp3) is 0.273. The molecule has 0 aliphatic carbocycles. The molecule has 0 unspecified atom stereocenters. The predicted octanol–water partition coefficient (Wildman–Crippen LogP) is 1.51. The van der Waals surface area contributed by atoms with Crippen molar-refractivity contribution in [2.45, 2.75) is 13.8 Å². The lowest BCUT2D eigenvalue weighted by molar-refractivity contribution is -0.191. The number of carbonyl (C=O) groups excluding carboxylic acids is 3. The number of ether oxygens (including phenoxy) is 1. The highest BCUT2D eigenvalue weighted by Crippen LogP contribution is 2.09. The van der Waals surface area contributed by atoms with E-state index in [1.54, 1.807) is 0 Å². The van der Waals surface area contributed by atoms with Crippen molar-refractivity contribution in [2.75, 3.05) is 7.11 Å². The van der Waals surface area contributed by atoms with Gasteiger partial charge in [-0.05, 0) is 26.0 Å². The summed E-state index contributed by atoms with van der Waals surface area (Å²) in [6.45, 7) is 3.92. The molecule has 1 rings (SSSR count). The van der Waals surface area contributed by atoms with Crippen molar-refractivity contribution in [2.24, 2.45) is 0 Å². The molecule has 0 aliphatic rings. The second kappa shape index (κ2) is 6.51. The van der Waals surface area contributed by atoms with E-state index in [1.807, 2.05) is 32.0 Å². The number of rotatable bonds is 1. The van der Waals surface area contributed by atoms with Crippen molar-refractivity contribution in [3.8, 4) is 0 Å². The van der Waals surface area contributed by atoms with Gasteiger partial charge in [-0.1, -0.05) is 17.2 Å². The summed E-state index contributed by atoms with van der Waals surface area (Å²) in [6, 6.07) is 5.66. The van der Waals surface area contributed by atoms with Crippen molar-refractivity contribution in [3.05, 3.63) is 34.9 Å². The Morgan fingerprint density at radius 3 is 1.87 bits per heavy atom. The van der Waals surface area contributed by atoms with Gasteiger partial charge in [0.2, 0.25) is 0 Å². The Kier molecular flexibility index (Phi) is 5.67. The Bertz CT molecular complexity index is 356. The lowest BCUT2D eigenvalue weighted by Crippen LogP contribution is -2.01. The van der Waals surface area contributed by atoms with Crippen molar-refractivity contribution < 1.29 is 19.1 Å². The Labute approximate surface area is 87.9 Å². The molecule has 0 saturated heterocycles. The highest BCUT2D eigenvalue weighted by Gasteiger charge is 2.04. The quantitative estimate of drug-likeness (QED) is 0.656. The molecule has 0 spiro atoms. The maximum Gasteiger partial charge on any atom is 0.373 e. The van der Waals surface area contributed by atoms with Crippen LogP contribution in [-0.2, 0) is 14.3 Å². The van der Waals surface area contributed by atoms with Crippen molar-refractivity contribution >= 4 is 12.1 Å². The summed E-state index contributed by atoms with van der Waals surface area (Å²) in [6.07, 6.45) is 0.250. The lowest BCUT2D eigenvalue weighted by atomic mass is 10.1. The average molecular weight is 208 g/mol. The summed E-state index contributed by atoms with van der Waals surface area (Å²) >= 11 is 0. The summed E-state index contributed by atoms with van der Waals surface area (Å²) in [4.78, 5) is 27.3. The predicted molar refractivity (Wildman–Crippen MR) is 52.3 cm³/mol. The maximum atomic E-state index is 11.1. The van der Waals surface area contributed by atoms with Crippen LogP contribution in [0.3, 0.4) is 0 Å². The molecule has 0 N–H and O–H groups in total. The van der Waals surface area contributed by atoms with Gasteiger partial charge in [-0.15, -0.1) is 0 Å². The van der Waals surface area contributed by atoms with Gasteiger partial charge >= 0.3 is 12.1 Å². The summed E-state index contributed by atoms with van der Waals surface area (Å²) < 4.78 is 4.61. The van der Waals surface area contributed by atoms with E-state index in [-0.39, 0.29) is 12.1 Å². The summed E-state index contributed by atoms with van der Waals surface area (Å²) in [5, 5.41) is 0. The van der Waals surface area contributed by atoms with Gasteiger partial charge in [-0.25, -0.2) is 4.79 Å². The largest absolute Gasteiger partial charge is 0.465 e. The van der Waals surface area contributed by atoms with E-state index in [4.69, 9.17) is 9.59 Å². The minimum atomic E-state index is -0.276. The van der Waals surface area contributed by atoms with Crippen LogP contribution in [0.15, 0.2) is 18.2 Å². The topological polar surface area (TPSA) is 60.4 Å². The minimum absolute atomic E-state index is 0.250. The van der Waals surface area contributed by atoms with Crippen molar-refractivity contribution in [1.82, 2.24) is 0 Å². The fourth-order valence-corrected chi connectivity index (χ4v) is 1.21. The van der Waals surface area contributed by atoms with Crippen LogP contribution in [0.4, 0.5) is 0 Å². The van der Waals surface area contributed by atoms with Crippen LogP contribution in [0.1, 0.15) is 21.5 Å². The van der Waals surface area contributed by atoms with E-state index in [0.29, 0.717) is 5.56 Å². The van der Waals surface area contributed by atoms with Gasteiger partial charge in [-0.3, -0.25) is 0 Å². The Morgan fingerprint density at radius 1 is 1.13 bits per heavy atom. The number of carbonyl (C=O) groups is 1. The van der Waals surface area contributed by atoms with E-state index >= 15 is 0 Å². The van der Waals surface area contributed by atoms with Crippen LogP contribution in [0.2, 0.25) is 0 Å². The number of esters is 1. The molecule has 1 aromatic rings. The molecule has 0 aromatic heterocycles. The van der Waals surface area contributed by atoms with E-state index < -0.39 is 0 Å². The maximum absolute atomic E-state index is 11.1. The molecule has 0 atom stereocenters. The van der Waals surface area contributed by atoms with Gasteiger partial charge in [0.05, 0.1) is 12.7 Å². The number of hydrogen-bond donors (Lipinski definition) is 0. The summed E-state index contributed by atoms with van der Waals surface area (Å²) in [5.41, 5.74) is 2.78. The smallest absolute Gasteiger partial charge is 0.373 e. The van der Waals surface area contributed by atoms with Crippen molar-refractivity contribution in [3.63, 3.8) is 0 Å². The molecule has 4 nitrogen and oxygen atoms in total. The Morgan fingerprint density at radius 2 is 1.53 bits per heavy atom. The fourth-order valence-electron chi connectivity index (χ4n) is 1.21. The third-order valence-corrected chi connectivity index (χ3v) is 1.64. The first-order valence-electron chi connectivity index (χ1n) is 4.21. The minimum Gasteiger partial charge on any atom is -0.465 e. The van der Waals surface area contributed by atoms with E-state index in [9.17, 15) is 4.79 Å². The Hall–Kier alpha value is -1.93. The van der Waals surface area contributed by atoms with Crippen LogP contribution in [0, 0.1) is 13.8 Å². The molecule has 0 heterocycles. The number of benzene rings is 1. The van der Waals surface area contributed by atoms with Gasteiger partial charge in [-0.2, -0.15) is 9.59 Å². The zero-order valence-corrected chi connectivity index (χ0v) is 8.87. The first kappa shape index (κ1) is 13.1. The van der Waals surface area contributed by atoms with Crippen molar-refractivity contribution in [1.29, 1.82) is 0 Å². The first-order valence-corrected chi connectivity index (χ1v) is 4.21. The van der Waals surface area contributed by atoms with E-state index in [1.165, 1.54) is 7.11 Å². The van der Waals surface area contributed by atoms with Crippen LogP contribution in [0.5, 0.6) is 0 Å². The van der Waals surface area contributed by atoms with Gasteiger partial charge < -0.3 is 4.74 Å². The third-order valence-electron chi connectivity index (χ3n) is 1.64. The summed E-state index contributed by atoms with van der Waals surface area (Å²) in [7, 11) is 1.39. The number of hydrogen-bond acceptors (Lipinski definition) is 4. The SMILES string of the molecule is COC(=O)c1cc(C)cc(C)c1.O=C=O.